The second kappa shape index (κ2) is 8.53. The molecule has 0 aliphatic rings. The van der Waals surface area contributed by atoms with Gasteiger partial charge in [-0.2, -0.15) is 0 Å². The maximum absolute atomic E-state index is 12.2. The molecule has 25 heavy (non-hydrogen) atoms. The highest BCUT2D eigenvalue weighted by atomic mass is 16.5. The Morgan fingerprint density at radius 2 is 2.00 bits per heavy atom. The summed E-state index contributed by atoms with van der Waals surface area (Å²) in [4.78, 5) is 12.2. The van der Waals surface area contributed by atoms with Crippen molar-refractivity contribution in [2.24, 2.45) is 0 Å². The van der Waals surface area contributed by atoms with E-state index < -0.39 is 0 Å². The molecule has 2 aromatic carbocycles. The summed E-state index contributed by atoms with van der Waals surface area (Å²) >= 11 is 0. The predicted octanol–water partition coefficient (Wildman–Crippen LogP) is 3.21. The molecular formula is C20H26N2O3. The van der Waals surface area contributed by atoms with Gasteiger partial charge in [-0.25, -0.2) is 0 Å². The van der Waals surface area contributed by atoms with E-state index in [2.05, 4.69) is 23.6 Å². The van der Waals surface area contributed by atoms with Crippen LogP contribution in [-0.4, -0.2) is 31.3 Å². The second-order valence-corrected chi connectivity index (χ2v) is 6.07. The summed E-state index contributed by atoms with van der Waals surface area (Å²) in [6.45, 7) is 6.19. The molecule has 2 rings (SSSR count). The SMILES string of the molecule is COc1ccc(C)cc1C(C)Nc1cccc(C(=O)NCCO)c1C. The van der Waals surface area contributed by atoms with Crippen LogP contribution in [0.15, 0.2) is 36.4 Å². The maximum atomic E-state index is 12.2. The predicted molar refractivity (Wildman–Crippen MR) is 100 cm³/mol. The van der Waals surface area contributed by atoms with Crippen LogP contribution in [0.5, 0.6) is 5.75 Å². The molecule has 0 saturated carbocycles. The third-order valence-electron chi connectivity index (χ3n) is 4.20. The van der Waals surface area contributed by atoms with Crippen LogP contribution in [-0.2, 0) is 0 Å². The molecule has 0 aliphatic heterocycles. The van der Waals surface area contributed by atoms with Crippen molar-refractivity contribution in [2.75, 3.05) is 25.6 Å². The average Bonchev–Trinajstić information content (AvgIpc) is 2.61. The van der Waals surface area contributed by atoms with Crippen LogP contribution < -0.4 is 15.4 Å². The van der Waals surface area contributed by atoms with Crippen LogP contribution in [0.3, 0.4) is 0 Å². The first-order valence-corrected chi connectivity index (χ1v) is 8.37. The number of aliphatic hydroxyl groups excluding tert-OH is 1. The minimum absolute atomic E-state index is 0.0179. The van der Waals surface area contributed by atoms with E-state index >= 15 is 0 Å². The number of hydrogen-bond donors (Lipinski definition) is 3. The number of rotatable bonds is 7. The van der Waals surface area contributed by atoms with Crippen molar-refractivity contribution in [1.82, 2.24) is 5.32 Å². The van der Waals surface area contributed by atoms with E-state index in [0.29, 0.717) is 5.56 Å². The van der Waals surface area contributed by atoms with Crippen LogP contribution in [0.25, 0.3) is 0 Å². The lowest BCUT2D eigenvalue weighted by molar-refractivity contribution is 0.0944. The van der Waals surface area contributed by atoms with Gasteiger partial charge in [-0.1, -0.05) is 23.8 Å². The molecule has 134 valence electrons. The van der Waals surface area contributed by atoms with Gasteiger partial charge in [0.2, 0.25) is 0 Å². The van der Waals surface area contributed by atoms with Gasteiger partial charge in [0.15, 0.2) is 0 Å². The Kier molecular flexibility index (Phi) is 6.42. The summed E-state index contributed by atoms with van der Waals surface area (Å²) in [6, 6.07) is 11.7. The van der Waals surface area contributed by atoms with Crippen molar-refractivity contribution in [3.63, 3.8) is 0 Å². The molecule has 0 aromatic heterocycles. The maximum Gasteiger partial charge on any atom is 0.251 e. The van der Waals surface area contributed by atoms with Crippen LogP contribution in [0, 0.1) is 13.8 Å². The Bertz CT molecular complexity index is 744. The first-order chi connectivity index (χ1) is 12.0. The topological polar surface area (TPSA) is 70.6 Å². The van der Waals surface area contributed by atoms with Gasteiger partial charge in [0.1, 0.15) is 5.75 Å². The molecule has 5 nitrogen and oxygen atoms in total. The number of aryl methyl sites for hydroxylation is 1. The fraction of sp³-hybridized carbons (Fsp3) is 0.350. The van der Waals surface area contributed by atoms with Gasteiger partial charge >= 0.3 is 0 Å². The number of ether oxygens (including phenoxy) is 1. The van der Waals surface area contributed by atoms with Gasteiger partial charge in [0.25, 0.3) is 5.91 Å². The third-order valence-corrected chi connectivity index (χ3v) is 4.20. The molecule has 0 radical (unpaired) electrons. The number of aliphatic hydroxyl groups is 1. The molecule has 0 heterocycles. The number of methoxy groups -OCH3 is 1. The Morgan fingerprint density at radius 3 is 2.68 bits per heavy atom. The molecule has 0 saturated heterocycles. The highest BCUT2D eigenvalue weighted by Gasteiger charge is 2.15. The molecule has 0 bridgehead atoms. The zero-order valence-electron chi connectivity index (χ0n) is 15.2. The standard InChI is InChI=1S/C20H26N2O3/c1-13-8-9-19(25-4)17(12-13)15(3)22-18-7-5-6-16(14(18)2)20(24)21-10-11-23/h5-9,12,15,22-23H,10-11H2,1-4H3,(H,21,24). The molecule has 2 aromatic rings. The van der Waals surface area contributed by atoms with Crippen molar-refractivity contribution in [3.05, 3.63) is 58.7 Å². The lowest BCUT2D eigenvalue weighted by Crippen LogP contribution is -2.27. The monoisotopic (exact) mass is 342 g/mol. The first-order valence-electron chi connectivity index (χ1n) is 8.37. The summed E-state index contributed by atoms with van der Waals surface area (Å²) in [5.74, 6) is 0.649. The van der Waals surface area contributed by atoms with Gasteiger partial charge < -0.3 is 20.5 Å². The van der Waals surface area contributed by atoms with Crippen molar-refractivity contribution >= 4 is 11.6 Å². The largest absolute Gasteiger partial charge is 0.496 e. The summed E-state index contributed by atoms with van der Waals surface area (Å²) in [5, 5.41) is 15.0. The van der Waals surface area contributed by atoms with E-state index in [-0.39, 0.29) is 25.1 Å². The molecule has 3 N–H and O–H groups in total. The van der Waals surface area contributed by atoms with E-state index in [1.807, 2.05) is 38.1 Å². The van der Waals surface area contributed by atoms with Crippen molar-refractivity contribution in [3.8, 4) is 5.75 Å². The zero-order valence-corrected chi connectivity index (χ0v) is 15.2. The number of nitrogens with one attached hydrogen (secondary N) is 2. The summed E-state index contributed by atoms with van der Waals surface area (Å²) in [7, 11) is 1.66. The van der Waals surface area contributed by atoms with E-state index in [9.17, 15) is 4.79 Å². The number of carbonyl (C=O) groups is 1. The van der Waals surface area contributed by atoms with E-state index in [1.165, 1.54) is 5.56 Å². The van der Waals surface area contributed by atoms with Gasteiger partial charge in [-0.15, -0.1) is 0 Å². The van der Waals surface area contributed by atoms with Crippen molar-refractivity contribution in [2.45, 2.75) is 26.8 Å². The van der Waals surface area contributed by atoms with Gasteiger partial charge in [0, 0.05) is 23.4 Å². The van der Waals surface area contributed by atoms with Crippen molar-refractivity contribution < 1.29 is 14.6 Å². The molecule has 1 unspecified atom stereocenters. The minimum atomic E-state index is -0.184. The Hall–Kier alpha value is -2.53. The normalized spacial score (nSPS) is 11.7. The van der Waals surface area contributed by atoms with E-state index in [4.69, 9.17) is 9.84 Å². The Labute approximate surface area is 149 Å². The quantitative estimate of drug-likeness (QED) is 0.723. The second-order valence-electron chi connectivity index (χ2n) is 6.07. The number of anilines is 1. The molecule has 0 spiro atoms. The van der Waals surface area contributed by atoms with E-state index in [1.54, 1.807) is 13.2 Å². The first kappa shape index (κ1) is 18.8. The highest BCUT2D eigenvalue weighted by molar-refractivity contribution is 5.97. The van der Waals surface area contributed by atoms with Crippen LogP contribution >= 0.6 is 0 Å². The van der Waals surface area contributed by atoms with E-state index in [0.717, 1.165) is 22.6 Å². The number of amides is 1. The molecule has 0 fully saturated rings. The Balaban J connectivity index is 2.26. The smallest absolute Gasteiger partial charge is 0.251 e. The molecule has 1 atom stereocenters. The van der Waals surface area contributed by atoms with Crippen LogP contribution in [0.4, 0.5) is 5.69 Å². The summed E-state index contributed by atoms with van der Waals surface area (Å²) in [5.41, 5.74) is 4.60. The third kappa shape index (κ3) is 4.51. The number of benzene rings is 2. The molecule has 1 amide bonds. The molecule has 5 heteroatoms. The Morgan fingerprint density at radius 1 is 1.24 bits per heavy atom. The lowest BCUT2D eigenvalue weighted by atomic mass is 10.0. The average molecular weight is 342 g/mol. The lowest BCUT2D eigenvalue weighted by Gasteiger charge is -2.21. The number of hydrogen-bond acceptors (Lipinski definition) is 4. The minimum Gasteiger partial charge on any atom is -0.496 e. The highest BCUT2D eigenvalue weighted by Crippen LogP contribution is 2.30. The fourth-order valence-corrected chi connectivity index (χ4v) is 2.81. The summed E-state index contributed by atoms with van der Waals surface area (Å²) < 4.78 is 5.47. The summed E-state index contributed by atoms with van der Waals surface area (Å²) in [6.07, 6.45) is 0. The van der Waals surface area contributed by atoms with Crippen LogP contribution in [0.1, 0.15) is 40.0 Å². The van der Waals surface area contributed by atoms with Gasteiger partial charge in [-0.05, 0) is 44.5 Å². The van der Waals surface area contributed by atoms with Gasteiger partial charge in [-0.3, -0.25) is 4.79 Å². The van der Waals surface area contributed by atoms with Gasteiger partial charge in [0.05, 0.1) is 19.8 Å². The zero-order chi connectivity index (χ0) is 18.4. The fourth-order valence-electron chi connectivity index (χ4n) is 2.81. The van der Waals surface area contributed by atoms with Crippen molar-refractivity contribution in [1.29, 1.82) is 0 Å². The molecule has 0 aliphatic carbocycles. The van der Waals surface area contributed by atoms with Crippen LogP contribution in [0.2, 0.25) is 0 Å². The number of carbonyl (C=O) groups excluding carboxylic acids is 1. The molecular weight excluding hydrogens is 316 g/mol.